The van der Waals surface area contributed by atoms with Gasteiger partial charge in [-0.2, -0.15) is 0 Å². The van der Waals surface area contributed by atoms with E-state index in [9.17, 15) is 22.0 Å². The summed E-state index contributed by atoms with van der Waals surface area (Å²) in [7, 11) is -4.34. The number of nitrogens with zero attached hydrogens (tertiary/aromatic N) is 1. The summed E-state index contributed by atoms with van der Waals surface area (Å²) in [6.45, 7) is 1.20. The minimum atomic E-state index is -4.34. The molecule has 0 aliphatic carbocycles. The first-order valence-corrected chi connectivity index (χ1v) is 8.78. The molecule has 1 unspecified atom stereocenters. The lowest BCUT2D eigenvalue weighted by Crippen LogP contribution is -2.42. The van der Waals surface area contributed by atoms with Gasteiger partial charge in [-0.1, -0.05) is 11.6 Å². The Bertz CT molecular complexity index is 873. The zero-order valence-corrected chi connectivity index (χ0v) is 14.5. The summed E-state index contributed by atoms with van der Waals surface area (Å²) in [6.07, 6.45) is 0. The lowest BCUT2D eigenvalue weighted by atomic mass is 10.2. The van der Waals surface area contributed by atoms with Crippen molar-refractivity contribution in [2.75, 3.05) is 4.31 Å². The second-order valence-electron chi connectivity index (χ2n) is 4.83. The fourth-order valence-electron chi connectivity index (χ4n) is 2.02. The molecule has 0 N–H and O–H groups in total. The molecule has 2 aromatic carbocycles. The van der Waals surface area contributed by atoms with Gasteiger partial charge in [0.25, 0.3) is 10.0 Å². The van der Waals surface area contributed by atoms with E-state index in [1.807, 2.05) is 0 Å². The van der Waals surface area contributed by atoms with E-state index in [-0.39, 0.29) is 4.90 Å². The van der Waals surface area contributed by atoms with Crippen molar-refractivity contribution in [3.8, 4) is 0 Å². The number of benzene rings is 2. The highest BCUT2D eigenvalue weighted by atomic mass is 35.5. The van der Waals surface area contributed by atoms with Crippen molar-refractivity contribution in [2.24, 2.45) is 0 Å². The van der Waals surface area contributed by atoms with Crippen LogP contribution in [0.5, 0.6) is 0 Å². The van der Waals surface area contributed by atoms with E-state index in [2.05, 4.69) is 0 Å². The zero-order chi connectivity index (χ0) is 18.1. The molecular formula is C15H11Cl2F2NO3S. The molecule has 0 fully saturated rings. The largest absolute Gasteiger partial charge is 0.279 e. The Morgan fingerprint density at radius 1 is 1.12 bits per heavy atom. The Morgan fingerprint density at radius 2 is 1.71 bits per heavy atom. The van der Waals surface area contributed by atoms with E-state index in [4.69, 9.17) is 23.2 Å². The maximum atomic E-state index is 14.1. The number of hydrogen-bond donors (Lipinski definition) is 0. The molecule has 2 rings (SSSR count). The maximum absolute atomic E-state index is 14.1. The highest BCUT2D eigenvalue weighted by molar-refractivity contribution is 7.93. The molecule has 1 atom stereocenters. The molecular weight excluding hydrogens is 383 g/mol. The lowest BCUT2D eigenvalue weighted by Gasteiger charge is -2.28. The van der Waals surface area contributed by atoms with Crippen molar-refractivity contribution < 1.29 is 22.0 Å². The van der Waals surface area contributed by atoms with Crippen LogP contribution in [0.4, 0.5) is 14.5 Å². The van der Waals surface area contributed by atoms with E-state index in [1.54, 1.807) is 0 Å². The van der Waals surface area contributed by atoms with Crippen LogP contribution < -0.4 is 4.31 Å². The van der Waals surface area contributed by atoms with Gasteiger partial charge in [0.05, 0.1) is 10.6 Å². The first-order chi connectivity index (χ1) is 11.1. The Kier molecular flexibility index (Phi) is 5.47. The predicted octanol–water partition coefficient (Wildman–Crippen LogP) is 3.97. The number of sulfonamides is 1. The average molecular weight is 394 g/mol. The third kappa shape index (κ3) is 3.68. The molecule has 24 heavy (non-hydrogen) atoms. The number of carbonyl (C=O) groups excluding carboxylic acids is 1. The normalized spacial score (nSPS) is 12.7. The van der Waals surface area contributed by atoms with Crippen molar-refractivity contribution in [1.82, 2.24) is 0 Å². The van der Waals surface area contributed by atoms with Crippen LogP contribution >= 0.6 is 23.2 Å². The van der Waals surface area contributed by atoms with E-state index in [1.165, 1.54) is 31.2 Å². The summed E-state index contributed by atoms with van der Waals surface area (Å²) in [5.41, 5.74) is -0.493. The number of rotatable bonds is 5. The van der Waals surface area contributed by atoms with Crippen LogP contribution in [0.1, 0.15) is 6.92 Å². The highest BCUT2D eigenvalue weighted by Crippen LogP contribution is 2.30. The van der Waals surface area contributed by atoms with Crippen LogP contribution in [0.15, 0.2) is 47.4 Å². The molecule has 2 aromatic rings. The molecule has 0 aliphatic heterocycles. The summed E-state index contributed by atoms with van der Waals surface area (Å²) >= 11 is 11.1. The molecule has 0 saturated carbocycles. The zero-order valence-electron chi connectivity index (χ0n) is 12.2. The Labute approximate surface area is 147 Å². The first-order valence-electron chi connectivity index (χ1n) is 6.59. The quantitative estimate of drug-likeness (QED) is 0.722. The van der Waals surface area contributed by atoms with Gasteiger partial charge in [-0.3, -0.25) is 9.10 Å². The summed E-state index contributed by atoms with van der Waals surface area (Å²) in [4.78, 5) is 11.3. The van der Waals surface area contributed by atoms with Crippen molar-refractivity contribution in [3.63, 3.8) is 0 Å². The maximum Gasteiger partial charge on any atom is 0.265 e. The number of hydrogen-bond acceptors (Lipinski definition) is 3. The van der Waals surface area contributed by atoms with E-state index < -0.39 is 38.6 Å². The fourth-order valence-corrected chi connectivity index (χ4v) is 3.93. The third-order valence-electron chi connectivity index (χ3n) is 3.20. The van der Waals surface area contributed by atoms with Crippen LogP contribution in [0.2, 0.25) is 5.02 Å². The van der Waals surface area contributed by atoms with Crippen LogP contribution in [0.25, 0.3) is 0 Å². The number of carbonyl (C=O) groups is 1. The monoisotopic (exact) mass is 393 g/mol. The SMILES string of the molecule is CC(C(=O)Cl)N(c1ccc(F)cc1F)S(=O)(=O)c1ccc(Cl)cc1. The van der Waals surface area contributed by atoms with Crippen LogP contribution in [-0.2, 0) is 14.8 Å². The molecule has 0 heterocycles. The Balaban J connectivity index is 2.66. The van der Waals surface area contributed by atoms with Crippen molar-refractivity contribution in [3.05, 3.63) is 59.1 Å². The molecule has 9 heteroatoms. The Morgan fingerprint density at radius 3 is 2.21 bits per heavy atom. The van der Waals surface area contributed by atoms with Gasteiger partial charge in [-0.15, -0.1) is 0 Å². The standard InChI is InChI=1S/C15H11Cl2F2NO3S/c1-9(15(17)21)20(14-7-4-11(18)8-13(14)19)24(22,23)12-5-2-10(16)3-6-12/h2-9H,1H3. The third-order valence-corrected chi connectivity index (χ3v) is 5.66. The van der Waals surface area contributed by atoms with Gasteiger partial charge in [-0.25, -0.2) is 17.2 Å². The van der Waals surface area contributed by atoms with Gasteiger partial charge in [0.2, 0.25) is 5.24 Å². The van der Waals surface area contributed by atoms with Crippen molar-refractivity contribution in [2.45, 2.75) is 17.9 Å². The molecule has 4 nitrogen and oxygen atoms in total. The average Bonchev–Trinajstić information content (AvgIpc) is 2.49. The smallest absolute Gasteiger partial charge is 0.265 e. The number of halogens is 4. The van der Waals surface area contributed by atoms with Gasteiger partial charge >= 0.3 is 0 Å². The summed E-state index contributed by atoms with van der Waals surface area (Å²) in [6, 6.07) is 6.00. The van der Waals surface area contributed by atoms with E-state index in [0.29, 0.717) is 15.4 Å². The summed E-state index contributed by atoms with van der Waals surface area (Å²) < 4.78 is 53.4. The summed E-state index contributed by atoms with van der Waals surface area (Å²) in [5.74, 6) is -2.03. The molecule has 0 bridgehead atoms. The van der Waals surface area contributed by atoms with Gasteiger partial charge in [0, 0.05) is 11.1 Å². The highest BCUT2D eigenvalue weighted by Gasteiger charge is 2.34. The second-order valence-corrected chi connectivity index (χ2v) is 7.45. The van der Waals surface area contributed by atoms with Gasteiger partial charge in [-0.05, 0) is 54.9 Å². The van der Waals surface area contributed by atoms with Crippen LogP contribution in [0, 0.1) is 11.6 Å². The second kappa shape index (κ2) is 7.04. The number of anilines is 1. The van der Waals surface area contributed by atoms with Gasteiger partial charge in [0.15, 0.2) is 0 Å². The van der Waals surface area contributed by atoms with Gasteiger partial charge in [0.1, 0.15) is 17.7 Å². The van der Waals surface area contributed by atoms with Crippen LogP contribution in [0.3, 0.4) is 0 Å². The van der Waals surface area contributed by atoms with E-state index >= 15 is 0 Å². The molecule has 0 saturated heterocycles. The first kappa shape index (κ1) is 18.6. The minimum absolute atomic E-state index is 0.222. The van der Waals surface area contributed by atoms with Crippen LogP contribution in [-0.4, -0.2) is 19.7 Å². The predicted molar refractivity (Wildman–Crippen MR) is 87.8 cm³/mol. The molecule has 0 radical (unpaired) electrons. The minimum Gasteiger partial charge on any atom is -0.279 e. The molecule has 0 aromatic heterocycles. The molecule has 0 spiro atoms. The topological polar surface area (TPSA) is 54.5 Å². The molecule has 0 amide bonds. The fraction of sp³-hybridized carbons (Fsp3) is 0.133. The van der Waals surface area contributed by atoms with Gasteiger partial charge < -0.3 is 0 Å². The van der Waals surface area contributed by atoms with Crippen molar-refractivity contribution >= 4 is 44.2 Å². The molecule has 0 aliphatic rings. The summed E-state index contributed by atoms with van der Waals surface area (Å²) in [5, 5.41) is -0.716. The lowest BCUT2D eigenvalue weighted by molar-refractivity contribution is -0.112. The molecule has 128 valence electrons. The van der Waals surface area contributed by atoms with E-state index in [0.717, 1.165) is 12.1 Å². The van der Waals surface area contributed by atoms with Crippen molar-refractivity contribution in [1.29, 1.82) is 0 Å². The Hall–Kier alpha value is -1.70.